The number of nitrogens with one attached hydrogen (secondary N) is 1. The van der Waals surface area contributed by atoms with Crippen molar-refractivity contribution in [1.29, 1.82) is 0 Å². The lowest BCUT2D eigenvalue weighted by Crippen LogP contribution is -2.33. The van der Waals surface area contributed by atoms with Crippen molar-refractivity contribution in [2.75, 3.05) is 26.3 Å². The Morgan fingerprint density at radius 1 is 1.38 bits per heavy atom. The van der Waals surface area contributed by atoms with E-state index in [4.69, 9.17) is 9.47 Å². The molecule has 0 spiro atoms. The SMILES string of the molecule is O=C(COc1ccccc1)N1CCC(c2n[nH]c3c2COCC3)C1. The highest BCUT2D eigenvalue weighted by Crippen LogP contribution is 2.31. The molecule has 1 unspecified atom stereocenters. The number of aromatic nitrogens is 2. The van der Waals surface area contributed by atoms with Crippen LogP contribution in [0.25, 0.3) is 0 Å². The lowest BCUT2D eigenvalue weighted by molar-refractivity contribution is -0.132. The molecule has 6 heteroatoms. The molecular formula is C18H21N3O3. The van der Waals surface area contributed by atoms with Gasteiger partial charge in [-0.25, -0.2) is 0 Å². The van der Waals surface area contributed by atoms with Crippen molar-refractivity contribution in [2.45, 2.75) is 25.4 Å². The monoisotopic (exact) mass is 327 g/mol. The summed E-state index contributed by atoms with van der Waals surface area (Å²) in [6.07, 6.45) is 1.83. The average Bonchev–Trinajstić information content (AvgIpc) is 3.27. The number of para-hydroxylation sites is 1. The van der Waals surface area contributed by atoms with Gasteiger partial charge in [0, 0.05) is 36.7 Å². The topological polar surface area (TPSA) is 67.5 Å². The van der Waals surface area contributed by atoms with Crippen molar-refractivity contribution < 1.29 is 14.3 Å². The second-order valence-corrected chi connectivity index (χ2v) is 6.30. The van der Waals surface area contributed by atoms with Crippen LogP contribution in [0, 0.1) is 0 Å². The van der Waals surface area contributed by atoms with Crippen LogP contribution in [0.4, 0.5) is 0 Å². The van der Waals surface area contributed by atoms with Crippen LogP contribution in [-0.2, 0) is 22.6 Å². The van der Waals surface area contributed by atoms with E-state index < -0.39 is 0 Å². The van der Waals surface area contributed by atoms with Gasteiger partial charge in [0.05, 0.1) is 18.9 Å². The Morgan fingerprint density at radius 3 is 3.12 bits per heavy atom. The number of fused-ring (bicyclic) bond motifs is 1. The van der Waals surface area contributed by atoms with Gasteiger partial charge >= 0.3 is 0 Å². The molecule has 2 aromatic rings. The number of carbonyl (C=O) groups excluding carboxylic acids is 1. The van der Waals surface area contributed by atoms with Crippen molar-refractivity contribution in [1.82, 2.24) is 15.1 Å². The van der Waals surface area contributed by atoms with Crippen LogP contribution >= 0.6 is 0 Å². The van der Waals surface area contributed by atoms with Crippen LogP contribution in [0.1, 0.15) is 29.3 Å². The molecule has 6 nitrogen and oxygen atoms in total. The number of rotatable bonds is 4. The van der Waals surface area contributed by atoms with Gasteiger partial charge in [0.1, 0.15) is 5.75 Å². The molecule has 1 amide bonds. The Balaban J connectivity index is 1.36. The third-order valence-electron chi connectivity index (χ3n) is 4.76. The molecule has 0 bridgehead atoms. The number of benzene rings is 1. The Bertz CT molecular complexity index is 714. The highest BCUT2D eigenvalue weighted by Gasteiger charge is 2.32. The lowest BCUT2D eigenvalue weighted by Gasteiger charge is -2.17. The number of aromatic amines is 1. The quantitative estimate of drug-likeness (QED) is 0.931. The third kappa shape index (κ3) is 3.01. The largest absolute Gasteiger partial charge is 0.484 e. The van der Waals surface area contributed by atoms with Gasteiger partial charge in [-0.1, -0.05) is 18.2 Å². The van der Waals surface area contributed by atoms with Gasteiger partial charge in [-0.3, -0.25) is 9.89 Å². The van der Waals surface area contributed by atoms with Crippen LogP contribution in [0.2, 0.25) is 0 Å². The molecule has 1 N–H and O–H groups in total. The number of likely N-dealkylation sites (tertiary alicyclic amines) is 1. The second-order valence-electron chi connectivity index (χ2n) is 6.30. The number of amides is 1. The van der Waals surface area contributed by atoms with E-state index in [2.05, 4.69) is 10.2 Å². The minimum Gasteiger partial charge on any atom is -0.484 e. The van der Waals surface area contributed by atoms with E-state index in [9.17, 15) is 4.79 Å². The van der Waals surface area contributed by atoms with Crippen LogP contribution < -0.4 is 4.74 Å². The third-order valence-corrected chi connectivity index (χ3v) is 4.76. The fourth-order valence-corrected chi connectivity index (χ4v) is 3.43. The summed E-state index contributed by atoms with van der Waals surface area (Å²) in [6, 6.07) is 9.43. The van der Waals surface area contributed by atoms with Crippen LogP contribution in [-0.4, -0.2) is 47.3 Å². The average molecular weight is 327 g/mol. The van der Waals surface area contributed by atoms with Gasteiger partial charge < -0.3 is 14.4 Å². The van der Waals surface area contributed by atoms with Gasteiger partial charge in [0.25, 0.3) is 5.91 Å². The van der Waals surface area contributed by atoms with Gasteiger partial charge in [0.15, 0.2) is 6.61 Å². The number of hydrogen-bond acceptors (Lipinski definition) is 4. The molecule has 2 aliphatic heterocycles. The summed E-state index contributed by atoms with van der Waals surface area (Å²) in [5.74, 6) is 1.04. The predicted octanol–water partition coefficient (Wildman–Crippen LogP) is 1.88. The molecule has 126 valence electrons. The zero-order chi connectivity index (χ0) is 16.4. The predicted molar refractivity (Wildman–Crippen MR) is 87.8 cm³/mol. The first-order valence-electron chi connectivity index (χ1n) is 8.40. The first-order valence-corrected chi connectivity index (χ1v) is 8.40. The van der Waals surface area contributed by atoms with Crippen molar-refractivity contribution >= 4 is 5.91 Å². The Kier molecular flexibility index (Phi) is 4.21. The Labute approximate surface area is 140 Å². The van der Waals surface area contributed by atoms with E-state index in [1.165, 1.54) is 11.3 Å². The number of H-pyrrole nitrogens is 1. The summed E-state index contributed by atoms with van der Waals surface area (Å²) in [5, 5.41) is 7.63. The van der Waals surface area contributed by atoms with Gasteiger partial charge in [0.2, 0.25) is 0 Å². The number of hydrogen-bond donors (Lipinski definition) is 1. The fraction of sp³-hybridized carbons (Fsp3) is 0.444. The summed E-state index contributed by atoms with van der Waals surface area (Å²) in [6.45, 7) is 2.92. The number of ether oxygens (including phenoxy) is 2. The zero-order valence-corrected chi connectivity index (χ0v) is 13.5. The van der Waals surface area contributed by atoms with E-state index >= 15 is 0 Å². The van der Waals surface area contributed by atoms with Crippen molar-refractivity contribution in [3.63, 3.8) is 0 Å². The molecule has 1 saturated heterocycles. The maximum absolute atomic E-state index is 12.4. The van der Waals surface area contributed by atoms with Crippen LogP contribution in [0.5, 0.6) is 5.75 Å². The van der Waals surface area contributed by atoms with Crippen molar-refractivity contribution in [2.24, 2.45) is 0 Å². The number of carbonyl (C=O) groups is 1. The first kappa shape index (κ1) is 15.2. The minimum atomic E-state index is 0.0296. The van der Waals surface area contributed by atoms with Crippen molar-refractivity contribution in [3.8, 4) is 5.75 Å². The maximum atomic E-state index is 12.4. The molecular weight excluding hydrogens is 306 g/mol. The highest BCUT2D eigenvalue weighted by atomic mass is 16.5. The Morgan fingerprint density at radius 2 is 2.25 bits per heavy atom. The summed E-state index contributed by atoms with van der Waals surface area (Å²) >= 11 is 0. The van der Waals surface area contributed by atoms with Gasteiger partial charge in [-0.05, 0) is 18.6 Å². The van der Waals surface area contributed by atoms with E-state index in [1.807, 2.05) is 35.2 Å². The van der Waals surface area contributed by atoms with E-state index in [1.54, 1.807) is 0 Å². The second kappa shape index (κ2) is 6.65. The molecule has 24 heavy (non-hydrogen) atoms. The minimum absolute atomic E-state index is 0.0296. The smallest absolute Gasteiger partial charge is 0.260 e. The molecule has 0 aliphatic carbocycles. The number of nitrogens with zero attached hydrogens (tertiary/aromatic N) is 2. The lowest BCUT2D eigenvalue weighted by atomic mass is 9.98. The fourth-order valence-electron chi connectivity index (χ4n) is 3.43. The van der Waals surface area contributed by atoms with Crippen LogP contribution in [0.15, 0.2) is 30.3 Å². The molecule has 0 radical (unpaired) electrons. The summed E-state index contributed by atoms with van der Waals surface area (Å²) in [4.78, 5) is 14.2. The molecule has 4 rings (SSSR count). The highest BCUT2D eigenvalue weighted by molar-refractivity contribution is 5.78. The van der Waals surface area contributed by atoms with Gasteiger partial charge in [-0.2, -0.15) is 5.10 Å². The van der Waals surface area contributed by atoms with Crippen LogP contribution in [0.3, 0.4) is 0 Å². The van der Waals surface area contributed by atoms with E-state index in [0.717, 1.165) is 37.4 Å². The zero-order valence-electron chi connectivity index (χ0n) is 13.5. The molecule has 1 aromatic heterocycles. The summed E-state index contributed by atoms with van der Waals surface area (Å²) in [7, 11) is 0. The molecule has 1 aromatic carbocycles. The van der Waals surface area contributed by atoms with E-state index in [-0.39, 0.29) is 18.4 Å². The molecule has 3 heterocycles. The first-order chi connectivity index (χ1) is 11.8. The standard InChI is InChI=1S/C18H21N3O3/c22-17(12-24-14-4-2-1-3-5-14)21-8-6-13(10-21)18-15-11-23-9-7-16(15)19-20-18/h1-5,13H,6-12H2,(H,19,20). The van der Waals surface area contributed by atoms with Crippen molar-refractivity contribution in [3.05, 3.63) is 47.3 Å². The molecule has 0 saturated carbocycles. The van der Waals surface area contributed by atoms with E-state index in [0.29, 0.717) is 13.2 Å². The molecule has 1 fully saturated rings. The van der Waals surface area contributed by atoms with Gasteiger partial charge in [-0.15, -0.1) is 0 Å². The summed E-state index contributed by atoms with van der Waals surface area (Å²) in [5.41, 5.74) is 3.46. The maximum Gasteiger partial charge on any atom is 0.260 e. The summed E-state index contributed by atoms with van der Waals surface area (Å²) < 4.78 is 11.1. The molecule has 1 atom stereocenters. The normalized spacial score (nSPS) is 20.0. The Hall–Kier alpha value is -2.34. The molecule has 2 aliphatic rings.